The van der Waals surface area contributed by atoms with Gasteiger partial charge in [0, 0.05) is 17.5 Å². The van der Waals surface area contributed by atoms with Crippen molar-refractivity contribution in [1.29, 1.82) is 0 Å². The van der Waals surface area contributed by atoms with Crippen molar-refractivity contribution >= 4 is 40.9 Å². The van der Waals surface area contributed by atoms with E-state index in [4.69, 9.17) is 16.3 Å². The van der Waals surface area contributed by atoms with Crippen molar-refractivity contribution in [3.8, 4) is 11.5 Å². The minimum atomic E-state index is -1.40. The number of hydrogen-bond acceptors (Lipinski definition) is 6. The number of likely N-dealkylation sites (tertiary alicyclic amines) is 1. The Bertz CT molecular complexity index is 2120. The van der Waals surface area contributed by atoms with Crippen molar-refractivity contribution in [3.63, 3.8) is 0 Å². The van der Waals surface area contributed by atoms with Gasteiger partial charge in [0.2, 0.25) is 23.6 Å². The van der Waals surface area contributed by atoms with E-state index in [2.05, 4.69) is 0 Å². The lowest BCUT2D eigenvalue weighted by Crippen LogP contribution is -2.48. The zero-order valence-electron chi connectivity index (χ0n) is 27.7. The fourth-order valence-electron chi connectivity index (χ4n) is 8.81. The summed E-state index contributed by atoms with van der Waals surface area (Å²) >= 11 is 6.11. The monoisotopic (exact) mass is 704 g/mol. The van der Waals surface area contributed by atoms with Gasteiger partial charge in [0.05, 0.1) is 40.4 Å². The molecule has 4 aliphatic rings. The van der Waals surface area contributed by atoms with Crippen LogP contribution in [0.25, 0.3) is 0 Å². The summed E-state index contributed by atoms with van der Waals surface area (Å²) in [6.07, 6.45) is 2.36. The second-order valence-electron chi connectivity index (χ2n) is 14.0. The molecule has 2 aliphatic carbocycles. The van der Waals surface area contributed by atoms with Gasteiger partial charge in [-0.3, -0.25) is 24.1 Å². The molecule has 3 fully saturated rings. The molecular weight excluding hydrogens is 671 g/mol. The predicted octanol–water partition coefficient (Wildman–Crippen LogP) is 7.19. The van der Waals surface area contributed by atoms with Crippen molar-refractivity contribution in [2.24, 2.45) is 29.1 Å². The number of rotatable bonds is 7. The normalized spacial score (nSPS) is 26.9. The van der Waals surface area contributed by atoms with Crippen molar-refractivity contribution in [2.75, 3.05) is 4.90 Å². The highest BCUT2D eigenvalue weighted by molar-refractivity contribution is 6.31. The fourth-order valence-corrected chi connectivity index (χ4v) is 8.99. The standard InChI is InChI=1S/C41H34ClFN2O6/c1-41-31(38(48)45(40(41)50)25-12-17-33(43)32(42)18-25)20-30-27(15-16-29-35(30)39(49)44(37(29)47)21-23-8-4-2-5-9-23)36(41)28-14-13-26(19-34(28)46)51-22-24-10-6-3-7-11-24/h2-15,17-19,29-31,35-36,46H,16,20-22H2,1H3/t29-,30+,31-,35-,36+,41+/m0/s1. The molecule has 1 N–H and O–H groups in total. The number of imide groups is 2. The zero-order valence-corrected chi connectivity index (χ0v) is 28.4. The number of allylic oxidation sites excluding steroid dienone is 2. The third kappa shape index (κ3) is 5.25. The number of phenols is 1. The maximum atomic E-state index is 14.7. The molecule has 4 amide bonds. The predicted molar refractivity (Wildman–Crippen MR) is 187 cm³/mol. The molecule has 10 heteroatoms. The molecule has 258 valence electrons. The van der Waals surface area contributed by atoms with E-state index < -0.39 is 52.6 Å². The Kier molecular flexibility index (Phi) is 8.06. The van der Waals surface area contributed by atoms with Crippen LogP contribution in [-0.4, -0.2) is 33.6 Å². The minimum absolute atomic E-state index is 0.128. The summed E-state index contributed by atoms with van der Waals surface area (Å²) in [5.41, 5.74) is 1.65. The Morgan fingerprint density at radius 3 is 2.25 bits per heavy atom. The SMILES string of the molecule is C[C@@]12C(=O)N(c3ccc(F)c(Cl)c3)C(=O)[C@@H]1C[C@@H]1C(=CC[C@@H]3C(=O)N(Cc4ccccc4)C(=O)[C@@H]31)[C@@H]2c1ccc(OCc2ccccc2)cc1O. The number of phenolic OH excluding ortho intramolecular Hbond substituents is 1. The third-order valence-electron chi connectivity index (χ3n) is 11.3. The van der Waals surface area contributed by atoms with Crippen LogP contribution in [-0.2, 0) is 32.3 Å². The van der Waals surface area contributed by atoms with Gasteiger partial charge in [0.15, 0.2) is 0 Å². The number of carbonyl (C=O) groups excluding carboxylic acids is 4. The first-order valence-corrected chi connectivity index (χ1v) is 17.4. The van der Waals surface area contributed by atoms with Crippen LogP contribution < -0.4 is 9.64 Å². The second kappa shape index (κ2) is 12.5. The van der Waals surface area contributed by atoms with Gasteiger partial charge in [-0.25, -0.2) is 9.29 Å². The number of carbonyl (C=O) groups is 4. The van der Waals surface area contributed by atoms with E-state index in [-0.39, 0.29) is 54.3 Å². The number of halogens is 2. The highest BCUT2D eigenvalue weighted by Gasteiger charge is 2.68. The van der Waals surface area contributed by atoms with E-state index in [1.807, 2.05) is 66.7 Å². The smallest absolute Gasteiger partial charge is 0.241 e. The average Bonchev–Trinajstić information content (AvgIpc) is 3.49. The summed E-state index contributed by atoms with van der Waals surface area (Å²) in [6, 6.07) is 27.5. The van der Waals surface area contributed by atoms with Crippen LogP contribution in [0.1, 0.15) is 42.4 Å². The third-order valence-corrected chi connectivity index (χ3v) is 11.6. The summed E-state index contributed by atoms with van der Waals surface area (Å²) in [7, 11) is 0. The van der Waals surface area contributed by atoms with Crippen molar-refractivity contribution in [1.82, 2.24) is 4.90 Å². The van der Waals surface area contributed by atoms with Crippen molar-refractivity contribution < 1.29 is 33.4 Å². The summed E-state index contributed by atoms with van der Waals surface area (Å²) in [5, 5.41) is 11.4. The first kappa shape index (κ1) is 32.9. The maximum Gasteiger partial charge on any atom is 0.241 e. The van der Waals surface area contributed by atoms with Gasteiger partial charge in [-0.05, 0) is 61.1 Å². The molecule has 4 aromatic rings. The minimum Gasteiger partial charge on any atom is -0.508 e. The number of hydrogen-bond donors (Lipinski definition) is 1. The Morgan fingerprint density at radius 1 is 0.863 bits per heavy atom. The van der Waals surface area contributed by atoms with E-state index in [1.165, 1.54) is 23.1 Å². The molecule has 4 aromatic carbocycles. The lowest BCUT2D eigenvalue weighted by molar-refractivity contribution is -0.141. The molecule has 6 atom stereocenters. The molecule has 0 spiro atoms. The lowest BCUT2D eigenvalue weighted by Gasteiger charge is -2.49. The molecule has 1 saturated carbocycles. The van der Waals surface area contributed by atoms with Gasteiger partial charge in [-0.15, -0.1) is 0 Å². The zero-order chi connectivity index (χ0) is 35.6. The Hall–Kier alpha value is -5.28. The largest absolute Gasteiger partial charge is 0.508 e. The average molecular weight is 705 g/mol. The number of ether oxygens (including phenoxy) is 1. The fraction of sp³-hybridized carbons (Fsp3) is 0.268. The first-order chi connectivity index (χ1) is 24.6. The van der Waals surface area contributed by atoms with Crippen molar-refractivity contribution in [3.05, 3.63) is 136 Å². The van der Waals surface area contributed by atoms with Crippen LogP contribution in [0.15, 0.2) is 109 Å². The van der Waals surface area contributed by atoms with Crippen molar-refractivity contribution in [2.45, 2.75) is 38.8 Å². The molecule has 2 saturated heterocycles. The number of aromatic hydroxyl groups is 1. The maximum absolute atomic E-state index is 14.7. The molecule has 8 nitrogen and oxygen atoms in total. The molecule has 2 heterocycles. The quantitative estimate of drug-likeness (QED) is 0.161. The van der Waals surface area contributed by atoms with Crippen LogP contribution in [0.5, 0.6) is 11.5 Å². The van der Waals surface area contributed by atoms with Crippen LogP contribution >= 0.6 is 11.6 Å². The summed E-state index contributed by atoms with van der Waals surface area (Å²) in [4.78, 5) is 59.5. The van der Waals surface area contributed by atoms with Crippen LogP contribution in [0.3, 0.4) is 0 Å². The summed E-state index contributed by atoms with van der Waals surface area (Å²) < 4.78 is 20.2. The topological polar surface area (TPSA) is 104 Å². The number of fused-ring (bicyclic) bond motifs is 4. The van der Waals surface area contributed by atoms with Gasteiger partial charge in [0.1, 0.15) is 23.9 Å². The molecule has 0 unspecified atom stereocenters. The highest BCUT2D eigenvalue weighted by atomic mass is 35.5. The molecule has 0 bridgehead atoms. The summed E-state index contributed by atoms with van der Waals surface area (Å²) in [6.45, 7) is 2.14. The van der Waals surface area contributed by atoms with Gasteiger partial charge < -0.3 is 9.84 Å². The van der Waals surface area contributed by atoms with Gasteiger partial charge in [0.25, 0.3) is 0 Å². The van der Waals surface area contributed by atoms with Crippen LogP contribution in [0, 0.1) is 34.9 Å². The van der Waals surface area contributed by atoms with E-state index in [9.17, 15) is 28.7 Å². The second-order valence-corrected chi connectivity index (χ2v) is 14.4. The van der Waals surface area contributed by atoms with Gasteiger partial charge >= 0.3 is 0 Å². The molecule has 51 heavy (non-hydrogen) atoms. The van der Waals surface area contributed by atoms with E-state index in [0.29, 0.717) is 11.3 Å². The molecule has 0 aromatic heterocycles. The molecule has 2 aliphatic heterocycles. The Morgan fingerprint density at radius 2 is 1.57 bits per heavy atom. The molecule has 8 rings (SSSR count). The molecular formula is C41H34ClFN2O6. The van der Waals surface area contributed by atoms with Gasteiger partial charge in [-0.1, -0.05) is 90.0 Å². The highest BCUT2D eigenvalue weighted by Crippen LogP contribution is 2.64. The number of anilines is 1. The Labute approximate surface area is 299 Å². The van der Waals surface area contributed by atoms with Crippen LogP contribution in [0.4, 0.5) is 10.1 Å². The van der Waals surface area contributed by atoms with Crippen LogP contribution in [0.2, 0.25) is 5.02 Å². The van der Waals surface area contributed by atoms with E-state index in [1.54, 1.807) is 19.1 Å². The summed E-state index contributed by atoms with van der Waals surface area (Å²) in [5.74, 6) is -5.62. The number of amides is 4. The lowest BCUT2D eigenvalue weighted by atomic mass is 9.51. The van der Waals surface area contributed by atoms with E-state index >= 15 is 0 Å². The molecule has 0 radical (unpaired) electrons. The number of benzene rings is 4. The van der Waals surface area contributed by atoms with Gasteiger partial charge in [-0.2, -0.15) is 0 Å². The number of nitrogens with zero attached hydrogens (tertiary/aromatic N) is 2. The Balaban J connectivity index is 1.20. The van der Waals surface area contributed by atoms with E-state index in [0.717, 1.165) is 27.7 Å². The first-order valence-electron chi connectivity index (χ1n) is 17.0.